The average molecular weight is 1860 g/mol. The van der Waals surface area contributed by atoms with Crippen molar-refractivity contribution in [2.75, 3.05) is 42.4 Å². The Kier molecular flexibility index (Phi) is 54.3. The van der Waals surface area contributed by atoms with Crippen molar-refractivity contribution < 1.29 is 199 Å². The summed E-state index contributed by atoms with van der Waals surface area (Å²) >= 11 is 22.4. The number of hydrogen-bond acceptors (Lipinski definition) is 14. The van der Waals surface area contributed by atoms with Gasteiger partial charge >= 0.3 is 188 Å². The van der Waals surface area contributed by atoms with Crippen LogP contribution in [0.3, 0.4) is 0 Å². The van der Waals surface area contributed by atoms with Gasteiger partial charge in [0.1, 0.15) is 17.8 Å². The molecule has 4 aromatic rings. The van der Waals surface area contributed by atoms with E-state index in [2.05, 4.69) is 150 Å². The summed E-state index contributed by atoms with van der Waals surface area (Å²) in [4.78, 5) is 27.4. The Hall–Kier alpha value is 4.17. The molecule has 0 aliphatic heterocycles. The number of rotatable bonds is 17. The minimum absolute atomic E-state index is 0. The van der Waals surface area contributed by atoms with Gasteiger partial charge in [0, 0.05) is 59.3 Å². The van der Waals surface area contributed by atoms with Crippen molar-refractivity contribution in [3.63, 3.8) is 0 Å². The van der Waals surface area contributed by atoms with Gasteiger partial charge in [0.15, 0.2) is 11.6 Å². The zero-order valence-electron chi connectivity index (χ0n) is 34.8. The van der Waals surface area contributed by atoms with Crippen LogP contribution in [-0.2, 0) is 30.1 Å². The smallest absolute Gasteiger partial charge is 1.00 e. The molecule has 0 atom stereocenters. The van der Waals surface area contributed by atoms with Gasteiger partial charge in [-0.1, -0.05) is 88.5 Å². The van der Waals surface area contributed by atoms with E-state index in [0.29, 0.717) is 68.4 Å². The second-order valence-corrected chi connectivity index (χ2v) is 31.8. The van der Waals surface area contributed by atoms with E-state index in [1.165, 1.54) is 12.7 Å². The normalized spacial score (nSPS) is 9.89. The third-order valence-electron chi connectivity index (χ3n) is 6.01. The van der Waals surface area contributed by atoms with Crippen LogP contribution in [0.1, 0.15) is 41.5 Å². The maximum atomic E-state index is 12.2. The third kappa shape index (κ3) is 34.5. The molecular weight excluding hydrogens is 1820 g/mol. The first kappa shape index (κ1) is 72.7. The van der Waals surface area contributed by atoms with Crippen LogP contribution >= 0.6 is 118 Å². The number of aliphatic hydroxyl groups excluding tert-OH is 2. The molecule has 0 unspecified atom stereocenters. The van der Waals surface area contributed by atoms with Crippen LogP contribution in [0, 0.1) is 0 Å². The number of nitrogens with zero attached hydrogens (tertiary/aromatic N) is 4. The topological polar surface area (TPSA) is 267 Å². The number of halogens is 8. The van der Waals surface area contributed by atoms with E-state index in [1.807, 2.05) is 57.2 Å². The second-order valence-electron chi connectivity index (χ2n) is 10.3. The van der Waals surface area contributed by atoms with Gasteiger partial charge in [0.2, 0.25) is 5.88 Å². The van der Waals surface area contributed by atoms with E-state index in [4.69, 9.17) is 36.6 Å². The number of carbonyl (C=O) groups excluding carboxylic acids is 1. The van der Waals surface area contributed by atoms with Crippen LogP contribution in [0.25, 0.3) is 22.3 Å². The molecule has 30 heteroatoms. The van der Waals surface area contributed by atoms with E-state index in [-0.39, 0.29) is 176 Å². The van der Waals surface area contributed by atoms with Gasteiger partial charge in [-0.25, -0.2) is 19.9 Å². The molecule has 18 nitrogen and oxygen atoms in total. The molecule has 0 saturated carbocycles. The van der Waals surface area contributed by atoms with Gasteiger partial charge < -0.3 is 26.5 Å². The van der Waals surface area contributed by atoms with Crippen molar-refractivity contribution in [3.05, 3.63) is 75.3 Å². The molecule has 2 heterocycles. The van der Waals surface area contributed by atoms with Crippen molar-refractivity contribution in [1.82, 2.24) is 29.4 Å². The summed E-state index contributed by atoms with van der Waals surface area (Å²) in [6.45, 7) is 6.46. The summed E-state index contributed by atoms with van der Waals surface area (Å²) in [7, 11) is -7.44. The van der Waals surface area contributed by atoms with E-state index < -0.39 is 20.4 Å². The van der Waals surface area contributed by atoms with Gasteiger partial charge in [-0.2, -0.15) is 26.3 Å². The van der Waals surface area contributed by atoms with Crippen LogP contribution in [0.4, 0.5) is 11.6 Å². The van der Waals surface area contributed by atoms with Gasteiger partial charge in [-0.15, -0.1) is 0 Å². The molecule has 0 fully saturated rings. The first-order chi connectivity index (χ1) is 28.6. The van der Waals surface area contributed by atoms with Crippen molar-refractivity contribution in [2.24, 2.45) is 0 Å². The second kappa shape index (κ2) is 46.3. The first-order valence-corrected chi connectivity index (χ1v) is 40.4. The number of nitrogens with one attached hydrogen (secondary N) is 4. The summed E-state index contributed by atoms with van der Waals surface area (Å²) < 4.78 is 65.6. The number of hydrogen-bond donors (Lipinski definition) is 6. The van der Waals surface area contributed by atoms with E-state index in [1.54, 1.807) is 12.1 Å². The Labute approximate surface area is 557 Å². The number of benzene rings is 2. The fourth-order valence-corrected chi connectivity index (χ4v) is 6.42. The molecule has 0 aliphatic rings. The van der Waals surface area contributed by atoms with Crippen molar-refractivity contribution in [3.8, 4) is 28.1 Å². The predicted molar refractivity (Wildman–Crippen MR) is 271 cm³/mol. The summed E-state index contributed by atoms with van der Waals surface area (Å²) in [5, 5.41) is 23.9. The molecule has 0 radical (unpaired) electrons. The van der Waals surface area contributed by atoms with Gasteiger partial charge in [0.05, 0.1) is 30.9 Å². The monoisotopic (exact) mass is 1860 g/mol. The van der Waals surface area contributed by atoms with Gasteiger partial charge in [0.25, 0.3) is 26.9 Å². The molecule has 0 saturated heterocycles. The molecule has 4 rings (SSSR count). The Bertz CT molecular complexity index is 2000. The number of anilines is 2. The molecule has 0 amide bonds. The Morgan fingerprint density at radius 1 is 0.758 bits per heavy atom. The zero-order chi connectivity index (χ0) is 46.0. The minimum Gasteiger partial charge on any atom is -1.00 e. The average Bonchev–Trinajstić information content (AvgIpc) is 3.23. The molecule has 2 aromatic heterocycles. The largest absolute Gasteiger partial charge is 1.00 e. The van der Waals surface area contributed by atoms with E-state index >= 15 is 0 Å². The van der Waals surface area contributed by atoms with Crippen molar-refractivity contribution in [2.45, 2.75) is 40.0 Å². The van der Waals surface area contributed by atoms with E-state index in [0.717, 1.165) is 20.9 Å². The Morgan fingerprint density at radius 2 is 1.13 bits per heavy atom. The summed E-state index contributed by atoms with van der Waals surface area (Å²) in [5.41, 5.74) is 2.40. The number of aromatic nitrogens is 4. The standard InChI is InChI=1S/C16H21BrN4O3S.C13H14BrClN4O2S.C2H6O2.CH2O3.2Cs.I3.I2.H/c1-3-9-20-25(22,23)21-15-14(12-5-7-13(17)8-6-12)16(19-11-18-15)24-10-4-2;1-2-7-18-22(20,21)19-13-11(12(15)16-8-17-13)9-3-5-10(14)6-4-9;3-1-2-4;2-1-4-3;;;1-3-2;1-2;/h5-8,11,20H,3-4,9-10H2,1-2H3,(H,18,19,21);3-6,8,18H,2,7H2,1H3,(H,16,17,19);3-4H,1-2H2;1,3H;;;;;/q;;;;2*+1;-1;;-1/p-1. The van der Waals surface area contributed by atoms with Crippen LogP contribution in [-0.4, -0.2) is 86.4 Å². The van der Waals surface area contributed by atoms with Crippen LogP contribution in [0.15, 0.2) is 70.1 Å². The molecule has 2 aromatic carbocycles. The fraction of sp³-hybridized carbons (Fsp3) is 0.344. The number of carbonyl (C=O) groups is 1. The predicted octanol–water partition coefficient (Wildman–Crippen LogP) is -1.36. The number of aliphatic hydroxyl groups is 2. The first-order valence-electron chi connectivity index (χ1n) is 16.6. The van der Waals surface area contributed by atoms with Crippen molar-refractivity contribution >= 4 is 156 Å². The summed E-state index contributed by atoms with van der Waals surface area (Å²) in [6.07, 6.45) is 4.68. The maximum absolute atomic E-state index is 12.2. The summed E-state index contributed by atoms with van der Waals surface area (Å²) in [5.74, 6) is 0.644. The fourth-order valence-electron chi connectivity index (χ4n) is 3.75. The van der Waals surface area contributed by atoms with Gasteiger partial charge in [-0.3, -0.25) is 14.2 Å². The maximum Gasteiger partial charge on any atom is 1.00 e. The summed E-state index contributed by atoms with van der Waals surface area (Å²) in [6, 6.07) is 14.7. The van der Waals surface area contributed by atoms with Crippen LogP contribution in [0.5, 0.6) is 5.88 Å². The van der Waals surface area contributed by atoms with Gasteiger partial charge in [-0.05, 0) is 54.7 Å². The molecule has 342 valence electrons. The Morgan fingerprint density at radius 3 is 1.48 bits per heavy atom. The Balaban J connectivity index is -0.000000270. The minimum atomic E-state index is -3.73. The molecule has 0 bridgehead atoms. The molecular formula is C32H43Br2ClCs2I5N8O10S2-. The van der Waals surface area contributed by atoms with E-state index in [9.17, 15) is 16.8 Å². The molecule has 62 heavy (non-hydrogen) atoms. The SMILES string of the molecule is CCCNS(=O)(=O)Nc1ncnc(Cl)c1-c1ccc(Br)cc1.CCCNS(=O)(=O)Nc1ncnc(OCCC)c1-c1ccc(Br)cc1.II.I[I-]I.O=CO[O-].OCCO.[Cs+].[Cs+].[H-]. The van der Waals surface area contributed by atoms with Crippen LogP contribution in [0.2, 0.25) is 5.15 Å². The molecule has 0 aliphatic carbocycles. The quantitative estimate of drug-likeness (QED) is 0.0235. The molecule has 6 N–H and O–H groups in total. The number of ether oxygens (including phenoxy) is 1. The molecule has 0 spiro atoms. The van der Waals surface area contributed by atoms with Crippen LogP contribution < -0.4 is 180 Å². The third-order valence-corrected chi connectivity index (χ3v) is 9.44. The van der Waals surface area contributed by atoms with Crippen molar-refractivity contribution in [1.29, 1.82) is 0 Å². The zero-order valence-corrected chi connectivity index (χ0v) is 62.7.